The summed E-state index contributed by atoms with van der Waals surface area (Å²) in [5.41, 5.74) is 0.231. The molecule has 0 fully saturated rings. The molecule has 1 aliphatic heterocycles. The third-order valence-electron chi connectivity index (χ3n) is 4.72. The Morgan fingerprint density at radius 2 is 1.74 bits per heavy atom. The summed E-state index contributed by atoms with van der Waals surface area (Å²) in [6.45, 7) is -3.42. The van der Waals surface area contributed by atoms with Gasteiger partial charge in [0.2, 0.25) is 11.8 Å². The van der Waals surface area contributed by atoms with Crippen molar-refractivity contribution in [2.45, 2.75) is 30.5 Å². The minimum Gasteiger partial charge on any atom is -0.417 e. The van der Waals surface area contributed by atoms with E-state index >= 15 is 0 Å². The number of halogens is 7. The molecule has 0 saturated carbocycles. The molecule has 1 aromatic heterocycles. The molecule has 3 rings (SSSR count). The maximum Gasteiger partial charge on any atom is 0.388 e. The van der Waals surface area contributed by atoms with Gasteiger partial charge >= 0.3 is 16.8 Å². The number of benzene rings is 1. The van der Waals surface area contributed by atoms with Crippen LogP contribution in [0.15, 0.2) is 59.0 Å². The van der Waals surface area contributed by atoms with E-state index in [2.05, 4.69) is 9.72 Å². The fourth-order valence-corrected chi connectivity index (χ4v) is 5.14. The highest BCUT2D eigenvalue weighted by molar-refractivity contribution is 8.45. The van der Waals surface area contributed by atoms with Gasteiger partial charge in [0.15, 0.2) is 9.84 Å². The van der Waals surface area contributed by atoms with Crippen LogP contribution in [0.2, 0.25) is 0 Å². The van der Waals surface area contributed by atoms with Crippen LogP contribution in [0.1, 0.15) is 11.1 Å². The molecule has 0 radical (unpaired) electrons. The molecule has 188 valence electrons. The normalized spacial score (nSPS) is 19.5. The molecular formula is C19H17F7N2O4S2. The Balaban J connectivity index is 1.84. The fraction of sp³-hybridized carbons (Fsp3) is 0.263. The highest BCUT2D eigenvalue weighted by Gasteiger charge is 2.65. The van der Waals surface area contributed by atoms with E-state index in [-0.39, 0.29) is 29.8 Å². The van der Waals surface area contributed by atoms with E-state index in [1.807, 2.05) is 0 Å². The van der Waals surface area contributed by atoms with E-state index in [0.717, 1.165) is 34.7 Å². The fourth-order valence-electron chi connectivity index (χ4n) is 3.19. The second-order valence-electron chi connectivity index (χ2n) is 7.42. The van der Waals surface area contributed by atoms with E-state index < -0.39 is 61.6 Å². The monoisotopic (exact) mass is 534 g/mol. The number of pyridine rings is 1. The first-order valence-electron chi connectivity index (χ1n) is 9.35. The first-order chi connectivity index (χ1) is 15.4. The Bertz CT molecular complexity index is 1220. The van der Waals surface area contributed by atoms with Gasteiger partial charge in [-0.15, -0.1) is 0 Å². The number of nitrogens with zero attached hydrogens (tertiary/aromatic N) is 2. The van der Waals surface area contributed by atoms with Crippen molar-refractivity contribution in [1.29, 1.82) is 0 Å². The van der Waals surface area contributed by atoms with Crippen molar-refractivity contribution in [3.63, 3.8) is 0 Å². The van der Waals surface area contributed by atoms with Crippen molar-refractivity contribution < 1.29 is 46.2 Å². The molecule has 0 N–H and O–H groups in total. The van der Waals surface area contributed by atoms with Crippen LogP contribution in [-0.2, 0) is 27.6 Å². The lowest BCUT2D eigenvalue weighted by Crippen LogP contribution is -2.41. The van der Waals surface area contributed by atoms with Gasteiger partial charge in [-0.2, -0.15) is 8.78 Å². The zero-order chi connectivity index (χ0) is 25.4. The summed E-state index contributed by atoms with van der Waals surface area (Å²) in [6.07, 6.45) is 1.84. The molecule has 2 aromatic rings. The van der Waals surface area contributed by atoms with E-state index in [1.54, 1.807) is 0 Å². The molecule has 1 atom stereocenters. The average molecular weight is 534 g/mol. The molecule has 0 aliphatic carbocycles. The van der Waals surface area contributed by atoms with Gasteiger partial charge in [0.05, 0.1) is 18.2 Å². The largest absolute Gasteiger partial charge is 0.417 e. The minimum atomic E-state index is -9.88. The summed E-state index contributed by atoms with van der Waals surface area (Å²) in [5, 5.41) is 0.902. The molecule has 15 heteroatoms. The smallest absolute Gasteiger partial charge is 0.388 e. The summed E-state index contributed by atoms with van der Waals surface area (Å²) < 4.78 is 117. The molecule has 1 aliphatic rings. The van der Waals surface area contributed by atoms with Crippen molar-refractivity contribution in [3.05, 3.63) is 65.2 Å². The molecule has 0 saturated heterocycles. The number of carbonyl (C=O) groups excluding carboxylic acids is 1. The first kappa shape index (κ1) is 25.8. The van der Waals surface area contributed by atoms with Crippen LogP contribution in [0.25, 0.3) is 0 Å². The number of ether oxygens (including phenoxy) is 1. The topological polar surface area (TPSA) is 76.6 Å². The predicted octanol–water partition coefficient (Wildman–Crippen LogP) is 5.22. The van der Waals surface area contributed by atoms with Crippen LogP contribution in [0.5, 0.6) is 5.88 Å². The Labute approximate surface area is 189 Å². The lowest BCUT2D eigenvalue weighted by atomic mass is 10.1. The van der Waals surface area contributed by atoms with Crippen molar-refractivity contribution in [1.82, 2.24) is 9.88 Å². The van der Waals surface area contributed by atoms with Gasteiger partial charge in [-0.3, -0.25) is 4.79 Å². The Morgan fingerprint density at radius 3 is 2.26 bits per heavy atom. The van der Waals surface area contributed by atoms with Gasteiger partial charge in [-0.1, -0.05) is 31.6 Å². The third kappa shape index (κ3) is 6.85. The van der Waals surface area contributed by atoms with Crippen LogP contribution >= 0.6 is 10.2 Å². The van der Waals surface area contributed by atoms with Gasteiger partial charge in [-0.25, -0.2) is 13.4 Å². The number of alkyl halides is 2. The van der Waals surface area contributed by atoms with Gasteiger partial charge in [0, 0.05) is 24.2 Å². The quantitative estimate of drug-likeness (QED) is 0.434. The van der Waals surface area contributed by atoms with Crippen molar-refractivity contribution in [3.8, 4) is 5.88 Å². The van der Waals surface area contributed by atoms with Gasteiger partial charge in [0.1, 0.15) is 4.90 Å². The zero-order valence-electron chi connectivity index (χ0n) is 17.0. The SMILES string of the molecule is O=C(Cc1ccc(S(F)(F)(F)(F)F)cc1)N(Cc1ccnc(OC(F)F)c1)C1C=CS(=O)(=O)C1. The standard InChI is InChI=1S/C19H17F7N2O4S2/c20-19(21)32-17-9-14(5-7-27-17)11-28(15-6-8-33(30,31)12-15)18(29)10-13-1-3-16(4-2-13)34(22,23,24,25)26/h1-9,15,19H,10-12H2. The highest BCUT2D eigenvalue weighted by Crippen LogP contribution is 3.02. The maximum atomic E-state index is 13.0. The zero-order valence-corrected chi connectivity index (χ0v) is 18.6. The minimum absolute atomic E-state index is 0.0260. The van der Waals surface area contributed by atoms with Crippen LogP contribution in [0.3, 0.4) is 0 Å². The third-order valence-corrected chi connectivity index (χ3v) is 7.26. The number of rotatable bonds is 8. The number of sulfone groups is 1. The van der Waals surface area contributed by atoms with E-state index in [0.29, 0.717) is 0 Å². The molecule has 1 unspecified atom stereocenters. The second-order valence-corrected chi connectivity index (χ2v) is 11.8. The highest BCUT2D eigenvalue weighted by atomic mass is 32.5. The molecule has 0 bridgehead atoms. The number of carbonyl (C=O) groups is 1. The average Bonchev–Trinajstić information content (AvgIpc) is 3.04. The summed E-state index contributed by atoms with van der Waals surface area (Å²) in [4.78, 5) is 15.5. The van der Waals surface area contributed by atoms with Crippen molar-refractivity contribution >= 4 is 26.0 Å². The van der Waals surface area contributed by atoms with Gasteiger partial charge in [0.25, 0.3) is 0 Å². The maximum absolute atomic E-state index is 13.0. The summed E-state index contributed by atoms with van der Waals surface area (Å²) >= 11 is 0. The van der Waals surface area contributed by atoms with Crippen LogP contribution in [0.4, 0.5) is 28.2 Å². The number of aromatic nitrogens is 1. The molecule has 6 nitrogen and oxygen atoms in total. The van der Waals surface area contributed by atoms with Gasteiger partial charge < -0.3 is 9.64 Å². The van der Waals surface area contributed by atoms with E-state index in [9.17, 15) is 41.4 Å². The van der Waals surface area contributed by atoms with Crippen molar-refractivity contribution in [2.24, 2.45) is 0 Å². The van der Waals surface area contributed by atoms with Gasteiger partial charge in [-0.05, 0) is 35.4 Å². The van der Waals surface area contributed by atoms with Crippen LogP contribution in [-0.4, -0.2) is 42.6 Å². The molecule has 1 aromatic carbocycles. The summed E-state index contributed by atoms with van der Waals surface area (Å²) in [5.74, 6) is -1.64. The van der Waals surface area contributed by atoms with Crippen LogP contribution < -0.4 is 4.74 Å². The molecular weight excluding hydrogens is 517 g/mol. The number of amides is 1. The first-order valence-corrected chi connectivity index (χ1v) is 13.0. The molecule has 2 heterocycles. The van der Waals surface area contributed by atoms with Crippen molar-refractivity contribution in [2.75, 3.05) is 5.75 Å². The Hall–Kier alpha value is -2.81. The van der Waals surface area contributed by atoms with E-state index in [4.69, 9.17) is 0 Å². The molecule has 1 amide bonds. The lowest BCUT2D eigenvalue weighted by molar-refractivity contribution is -0.132. The number of hydrogen-bond donors (Lipinski definition) is 0. The summed E-state index contributed by atoms with van der Waals surface area (Å²) in [6, 6.07) is 3.33. The Kier molecular flexibility index (Phi) is 6.18. The summed E-state index contributed by atoms with van der Waals surface area (Å²) in [7, 11) is -13.5. The number of hydrogen-bond acceptors (Lipinski definition) is 5. The lowest BCUT2D eigenvalue weighted by Gasteiger charge is -2.40. The van der Waals surface area contributed by atoms with E-state index in [1.165, 1.54) is 12.1 Å². The molecule has 0 spiro atoms. The Morgan fingerprint density at radius 1 is 1.09 bits per heavy atom. The van der Waals surface area contributed by atoms with Crippen LogP contribution in [0, 0.1) is 0 Å². The second kappa shape index (κ2) is 8.15. The predicted molar refractivity (Wildman–Crippen MR) is 110 cm³/mol. The molecule has 34 heavy (non-hydrogen) atoms.